The Labute approximate surface area is 116 Å². The second-order valence-electron chi connectivity index (χ2n) is 5.13. The van der Waals surface area contributed by atoms with Gasteiger partial charge < -0.3 is 0 Å². The van der Waals surface area contributed by atoms with Gasteiger partial charge in [-0.3, -0.25) is 0 Å². The minimum Gasteiger partial charge on any atom is -0.0985 e. The lowest BCUT2D eigenvalue weighted by Crippen LogP contribution is -1.96. The first-order valence-corrected chi connectivity index (χ1v) is 7.03. The maximum Gasteiger partial charge on any atom is -0.00198 e. The lowest BCUT2D eigenvalue weighted by atomic mass is 9.92. The van der Waals surface area contributed by atoms with E-state index in [9.17, 15) is 0 Å². The Morgan fingerprint density at radius 1 is 1.11 bits per heavy atom. The van der Waals surface area contributed by atoms with Gasteiger partial charge in [0.05, 0.1) is 0 Å². The Morgan fingerprint density at radius 3 is 2.47 bits per heavy atom. The number of rotatable bonds is 5. The van der Waals surface area contributed by atoms with E-state index in [1.807, 2.05) is 6.08 Å². The SMILES string of the molecule is C=Cc1cc(C(C)CC)ccc1Cc1ccccc1. The zero-order valence-corrected chi connectivity index (χ0v) is 11.9. The molecule has 0 amide bonds. The van der Waals surface area contributed by atoms with Crippen LogP contribution < -0.4 is 0 Å². The molecule has 2 aromatic carbocycles. The molecule has 0 aliphatic heterocycles. The van der Waals surface area contributed by atoms with Crippen molar-refractivity contribution in [1.29, 1.82) is 0 Å². The van der Waals surface area contributed by atoms with Crippen molar-refractivity contribution in [2.45, 2.75) is 32.6 Å². The zero-order valence-electron chi connectivity index (χ0n) is 11.9. The summed E-state index contributed by atoms with van der Waals surface area (Å²) in [5, 5.41) is 0. The summed E-state index contributed by atoms with van der Waals surface area (Å²) in [5.74, 6) is 0.615. The standard InChI is InChI=1S/C19H22/c1-4-15(3)18-11-12-19(17(5-2)14-18)13-16-9-7-6-8-10-16/h5-12,14-15H,2,4,13H2,1,3H3. The fourth-order valence-corrected chi connectivity index (χ4v) is 2.32. The van der Waals surface area contributed by atoms with E-state index in [2.05, 4.69) is 69.0 Å². The van der Waals surface area contributed by atoms with E-state index in [4.69, 9.17) is 0 Å². The van der Waals surface area contributed by atoms with Crippen LogP contribution in [-0.2, 0) is 6.42 Å². The second-order valence-corrected chi connectivity index (χ2v) is 5.13. The highest BCUT2D eigenvalue weighted by atomic mass is 14.1. The van der Waals surface area contributed by atoms with Crippen molar-refractivity contribution >= 4 is 6.08 Å². The van der Waals surface area contributed by atoms with Gasteiger partial charge in [-0.2, -0.15) is 0 Å². The predicted molar refractivity (Wildman–Crippen MR) is 84.5 cm³/mol. The van der Waals surface area contributed by atoms with Gasteiger partial charge in [0.25, 0.3) is 0 Å². The number of hydrogen-bond acceptors (Lipinski definition) is 0. The molecule has 19 heavy (non-hydrogen) atoms. The third-order valence-corrected chi connectivity index (χ3v) is 3.81. The van der Waals surface area contributed by atoms with Gasteiger partial charge in [-0.05, 0) is 41.0 Å². The predicted octanol–water partition coefficient (Wildman–Crippen LogP) is 5.43. The van der Waals surface area contributed by atoms with Gasteiger partial charge in [-0.25, -0.2) is 0 Å². The lowest BCUT2D eigenvalue weighted by Gasteiger charge is -2.13. The van der Waals surface area contributed by atoms with Gasteiger partial charge in [0.2, 0.25) is 0 Å². The molecule has 2 rings (SSSR count). The minimum atomic E-state index is 0.615. The highest BCUT2D eigenvalue weighted by Crippen LogP contribution is 2.24. The van der Waals surface area contributed by atoms with Crippen molar-refractivity contribution in [2.75, 3.05) is 0 Å². The Kier molecular flexibility index (Phi) is 4.57. The summed E-state index contributed by atoms with van der Waals surface area (Å²) in [5.41, 5.74) is 5.38. The van der Waals surface area contributed by atoms with E-state index in [0.717, 1.165) is 6.42 Å². The van der Waals surface area contributed by atoms with Crippen LogP contribution >= 0.6 is 0 Å². The maximum atomic E-state index is 3.96. The molecular weight excluding hydrogens is 228 g/mol. The van der Waals surface area contributed by atoms with E-state index >= 15 is 0 Å². The van der Waals surface area contributed by atoms with E-state index < -0.39 is 0 Å². The Bertz CT molecular complexity index is 537. The molecule has 0 aliphatic rings. The van der Waals surface area contributed by atoms with Crippen molar-refractivity contribution in [3.8, 4) is 0 Å². The molecule has 98 valence electrons. The summed E-state index contributed by atoms with van der Waals surface area (Å²) in [4.78, 5) is 0. The molecule has 0 N–H and O–H groups in total. The van der Waals surface area contributed by atoms with Crippen molar-refractivity contribution in [1.82, 2.24) is 0 Å². The highest BCUT2D eigenvalue weighted by Gasteiger charge is 2.07. The van der Waals surface area contributed by atoms with Gasteiger partial charge in [0.15, 0.2) is 0 Å². The molecule has 0 heterocycles. The smallest absolute Gasteiger partial charge is 0.00198 e. The van der Waals surface area contributed by atoms with Gasteiger partial charge >= 0.3 is 0 Å². The second kappa shape index (κ2) is 6.38. The van der Waals surface area contributed by atoms with Crippen LogP contribution in [0.25, 0.3) is 6.08 Å². The Morgan fingerprint density at radius 2 is 1.84 bits per heavy atom. The highest BCUT2D eigenvalue weighted by molar-refractivity contribution is 5.54. The monoisotopic (exact) mass is 250 g/mol. The number of hydrogen-bond donors (Lipinski definition) is 0. The molecule has 0 nitrogen and oxygen atoms in total. The lowest BCUT2D eigenvalue weighted by molar-refractivity contribution is 0.733. The average Bonchev–Trinajstić information content (AvgIpc) is 2.48. The van der Waals surface area contributed by atoms with Crippen molar-refractivity contribution < 1.29 is 0 Å². The quantitative estimate of drug-likeness (QED) is 0.663. The van der Waals surface area contributed by atoms with Crippen LogP contribution in [-0.4, -0.2) is 0 Å². The molecule has 1 atom stereocenters. The average molecular weight is 250 g/mol. The molecule has 1 unspecified atom stereocenters. The fraction of sp³-hybridized carbons (Fsp3) is 0.263. The Balaban J connectivity index is 2.29. The maximum absolute atomic E-state index is 3.96. The van der Waals surface area contributed by atoms with Crippen LogP contribution in [0.15, 0.2) is 55.1 Å². The van der Waals surface area contributed by atoms with Crippen molar-refractivity contribution in [3.63, 3.8) is 0 Å². The summed E-state index contributed by atoms with van der Waals surface area (Å²) in [7, 11) is 0. The molecule has 2 aromatic rings. The van der Waals surface area contributed by atoms with Crippen LogP contribution in [0.3, 0.4) is 0 Å². The summed E-state index contributed by atoms with van der Waals surface area (Å²) >= 11 is 0. The molecule has 0 bridgehead atoms. The third-order valence-electron chi connectivity index (χ3n) is 3.81. The summed E-state index contributed by atoms with van der Waals surface area (Å²) < 4.78 is 0. The summed E-state index contributed by atoms with van der Waals surface area (Å²) in [6, 6.07) is 17.4. The van der Waals surface area contributed by atoms with E-state index in [-0.39, 0.29) is 0 Å². The first-order chi connectivity index (χ1) is 9.24. The molecule has 0 radical (unpaired) electrons. The van der Waals surface area contributed by atoms with Crippen molar-refractivity contribution in [2.24, 2.45) is 0 Å². The molecule has 0 aliphatic carbocycles. The molecule has 0 fully saturated rings. The van der Waals surface area contributed by atoms with Gasteiger partial charge in [-0.1, -0.05) is 75.0 Å². The molecular formula is C19H22. The number of benzene rings is 2. The summed E-state index contributed by atoms with van der Waals surface area (Å²) in [6.45, 7) is 8.47. The Hall–Kier alpha value is -1.82. The fourth-order valence-electron chi connectivity index (χ4n) is 2.32. The van der Waals surface area contributed by atoms with E-state index in [1.54, 1.807) is 0 Å². The van der Waals surface area contributed by atoms with E-state index in [1.165, 1.54) is 28.7 Å². The molecule has 0 spiro atoms. The van der Waals surface area contributed by atoms with Crippen LogP contribution in [0.4, 0.5) is 0 Å². The summed E-state index contributed by atoms with van der Waals surface area (Å²) in [6.07, 6.45) is 4.13. The van der Waals surface area contributed by atoms with Gasteiger partial charge in [0, 0.05) is 0 Å². The zero-order chi connectivity index (χ0) is 13.7. The first kappa shape index (κ1) is 13.6. The molecule has 0 heteroatoms. The normalized spacial score (nSPS) is 12.1. The van der Waals surface area contributed by atoms with Gasteiger partial charge in [0.1, 0.15) is 0 Å². The van der Waals surface area contributed by atoms with Crippen LogP contribution in [0.5, 0.6) is 0 Å². The van der Waals surface area contributed by atoms with Crippen molar-refractivity contribution in [3.05, 3.63) is 77.4 Å². The van der Waals surface area contributed by atoms with Crippen LogP contribution in [0.2, 0.25) is 0 Å². The minimum absolute atomic E-state index is 0.615. The van der Waals surface area contributed by atoms with Gasteiger partial charge in [-0.15, -0.1) is 0 Å². The molecule has 0 aromatic heterocycles. The first-order valence-electron chi connectivity index (χ1n) is 7.03. The third kappa shape index (κ3) is 3.35. The largest absolute Gasteiger partial charge is 0.0985 e. The molecule has 0 saturated heterocycles. The molecule has 0 saturated carbocycles. The van der Waals surface area contributed by atoms with E-state index in [0.29, 0.717) is 5.92 Å². The topological polar surface area (TPSA) is 0 Å². The van der Waals surface area contributed by atoms with Crippen LogP contribution in [0.1, 0.15) is 48.4 Å². The van der Waals surface area contributed by atoms with Crippen LogP contribution in [0, 0.1) is 0 Å².